The van der Waals surface area contributed by atoms with Gasteiger partial charge in [-0.2, -0.15) is 5.48 Å². The molecule has 0 saturated carbocycles. The lowest BCUT2D eigenvalue weighted by Crippen LogP contribution is -2.19. The topological polar surface area (TPSA) is 58.6 Å². The van der Waals surface area contributed by atoms with E-state index in [1.807, 2.05) is 30.3 Å². The van der Waals surface area contributed by atoms with Crippen molar-refractivity contribution in [2.75, 3.05) is 0 Å². The molecule has 92 valence electrons. The van der Waals surface area contributed by atoms with E-state index in [0.717, 1.165) is 5.56 Å². The Balaban J connectivity index is 1.97. The summed E-state index contributed by atoms with van der Waals surface area (Å²) in [6.45, 7) is 0.509. The fourth-order valence-corrected chi connectivity index (χ4v) is 1.53. The number of rotatable bonds is 5. The molecule has 2 aromatic carbocycles. The second kappa shape index (κ2) is 5.84. The summed E-state index contributed by atoms with van der Waals surface area (Å²) in [6.07, 6.45) is 0. The fraction of sp³-hybridized carbons (Fsp3) is 0.0714. The number of hydrogen-bond acceptors (Lipinski definition) is 3. The Labute approximate surface area is 105 Å². The number of hydroxylamine groups is 1. The maximum absolute atomic E-state index is 10.9. The Morgan fingerprint density at radius 1 is 1.06 bits per heavy atom. The molecule has 2 aromatic rings. The first kappa shape index (κ1) is 12.1. The zero-order chi connectivity index (χ0) is 12.8. The molecule has 0 bridgehead atoms. The van der Waals surface area contributed by atoms with Gasteiger partial charge in [-0.1, -0.05) is 42.5 Å². The Bertz CT molecular complexity index is 526. The molecule has 0 radical (unpaired) electrons. The van der Waals surface area contributed by atoms with Crippen LogP contribution in [0.15, 0.2) is 54.6 Å². The first-order valence-corrected chi connectivity index (χ1v) is 5.53. The van der Waals surface area contributed by atoms with Crippen LogP contribution >= 0.6 is 0 Å². The molecule has 0 aliphatic carbocycles. The lowest BCUT2D eigenvalue weighted by molar-refractivity contribution is 0.0687. The average Bonchev–Trinajstić information content (AvgIpc) is 2.40. The molecular formula is C14H13NO3. The number of benzene rings is 2. The van der Waals surface area contributed by atoms with E-state index in [1.165, 1.54) is 6.07 Å². The SMILES string of the molecule is O=C(O)c1ccccc1ONCc1ccccc1. The van der Waals surface area contributed by atoms with E-state index < -0.39 is 5.97 Å². The van der Waals surface area contributed by atoms with Crippen molar-refractivity contribution in [1.29, 1.82) is 0 Å². The van der Waals surface area contributed by atoms with Crippen molar-refractivity contribution in [2.45, 2.75) is 6.54 Å². The first-order valence-electron chi connectivity index (χ1n) is 5.53. The van der Waals surface area contributed by atoms with Gasteiger partial charge < -0.3 is 9.94 Å². The Kier molecular flexibility index (Phi) is 3.94. The van der Waals surface area contributed by atoms with Crippen LogP contribution in [0.25, 0.3) is 0 Å². The van der Waals surface area contributed by atoms with Crippen LogP contribution in [0.5, 0.6) is 5.75 Å². The van der Waals surface area contributed by atoms with Crippen molar-refractivity contribution in [2.24, 2.45) is 0 Å². The van der Waals surface area contributed by atoms with Crippen LogP contribution in [0, 0.1) is 0 Å². The smallest absolute Gasteiger partial charge is 0.339 e. The quantitative estimate of drug-likeness (QED) is 0.792. The van der Waals surface area contributed by atoms with Crippen LogP contribution in [0.4, 0.5) is 0 Å². The van der Waals surface area contributed by atoms with Crippen molar-refractivity contribution in [3.05, 3.63) is 65.7 Å². The highest BCUT2D eigenvalue weighted by Gasteiger charge is 2.09. The van der Waals surface area contributed by atoms with Gasteiger partial charge in [0, 0.05) is 0 Å². The average molecular weight is 243 g/mol. The van der Waals surface area contributed by atoms with Crippen LogP contribution in [-0.4, -0.2) is 11.1 Å². The van der Waals surface area contributed by atoms with Gasteiger partial charge in [0.25, 0.3) is 0 Å². The van der Waals surface area contributed by atoms with E-state index in [0.29, 0.717) is 12.3 Å². The number of aromatic carboxylic acids is 1. The van der Waals surface area contributed by atoms with E-state index >= 15 is 0 Å². The highest BCUT2D eigenvalue weighted by molar-refractivity contribution is 5.90. The molecule has 4 nitrogen and oxygen atoms in total. The minimum absolute atomic E-state index is 0.137. The Morgan fingerprint density at radius 2 is 1.72 bits per heavy atom. The Morgan fingerprint density at radius 3 is 2.44 bits per heavy atom. The van der Waals surface area contributed by atoms with Crippen LogP contribution in [0.3, 0.4) is 0 Å². The second-order valence-electron chi connectivity index (χ2n) is 3.71. The van der Waals surface area contributed by atoms with Crippen LogP contribution in [-0.2, 0) is 6.54 Å². The predicted molar refractivity (Wildman–Crippen MR) is 67.3 cm³/mol. The number of nitrogens with one attached hydrogen (secondary N) is 1. The van der Waals surface area contributed by atoms with Gasteiger partial charge in [-0.15, -0.1) is 0 Å². The summed E-state index contributed by atoms with van der Waals surface area (Å²) in [6, 6.07) is 16.2. The van der Waals surface area contributed by atoms with Crippen molar-refractivity contribution >= 4 is 5.97 Å². The van der Waals surface area contributed by atoms with Crippen molar-refractivity contribution < 1.29 is 14.7 Å². The first-order chi connectivity index (χ1) is 8.77. The molecule has 0 heterocycles. The van der Waals surface area contributed by atoms with Crippen molar-refractivity contribution in [3.63, 3.8) is 0 Å². The lowest BCUT2D eigenvalue weighted by Gasteiger charge is -2.09. The van der Waals surface area contributed by atoms with Crippen LogP contribution < -0.4 is 10.3 Å². The van der Waals surface area contributed by atoms with Gasteiger partial charge in [0.05, 0.1) is 6.54 Å². The molecule has 2 rings (SSSR count). The predicted octanol–water partition coefficient (Wildman–Crippen LogP) is 2.47. The minimum Gasteiger partial charge on any atom is -0.478 e. The summed E-state index contributed by atoms with van der Waals surface area (Å²) in [5.74, 6) is -0.701. The lowest BCUT2D eigenvalue weighted by atomic mass is 10.2. The van der Waals surface area contributed by atoms with Gasteiger partial charge >= 0.3 is 5.97 Å². The molecule has 0 amide bonds. The summed E-state index contributed by atoms with van der Waals surface area (Å²) in [5, 5.41) is 8.97. The van der Waals surface area contributed by atoms with E-state index in [1.54, 1.807) is 18.2 Å². The number of carboxylic acids is 1. The third kappa shape index (κ3) is 3.09. The number of hydrogen-bond donors (Lipinski definition) is 2. The molecule has 4 heteroatoms. The van der Waals surface area contributed by atoms with E-state index in [9.17, 15) is 4.79 Å². The molecule has 0 aliphatic rings. The molecule has 0 fully saturated rings. The molecule has 0 spiro atoms. The highest BCUT2D eigenvalue weighted by atomic mass is 16.6. The second-order valence-corrected chi connectivity index (χ2v) is 3.71. The molecule has 0 atom stereocenters. The van der Waals surface area contributed by atoms with Crippen molar-refractivity contribution in [3.8, 4) is 5.75 Å². The molecular weight excluding hydrogens is 230 g/mol. The maximum Gasteiger partial charge on any atom is 0.339 e. The largest absolute Gasteiger partial charge is 0.478 e. The normalized spacial score (nSPS) is 10.0. The third-order valence-electron chi connectivity index (χ3n) is 2.42. The molecule has 0 aromatic heterocycles. The monoisotopic (exact) mass is 243 g/mol. The van der Waals surface area contributed by atoms with Crippen molar-refractivity contribution in [1.82, 2.24) is 5.48 Å². The summed E-state index contributed by atoms with van der Waals surface area (Å²) >= 11 is 0. The summed E-state index contributed by atoms with van der Waals surface area (Å²) in [5.41, 5.74) is 3.95. The zero-order valence-electron chi connectivity index (χ0n) is 9.67. The summed E-state index contributed by atoms with van der Waals surface area (Å²) in [4.78, 5) is 16.2. The standard InChI is InChI=1S/C14H13NO3/c16-14(17)12-8-4-5-9-13(12)18-15-10-11-6-2-1-3-7-11/h1-9,15H,10H2,(H,16,17). The number of carboxylic acid groups (broad SMARTS) is 1. The molecule has 2 N–H and O–H groups in total. The highest BCUT2D eigenvalue weighted by Crippen LogP contribution is 2.16. The zero-order valence-corrected chi connectivity index (χ0v) is 9.67. The van der Waals surface area contributed by atoms with Crippen LogP contribution in [0.2, 0.25) is 0 Å². The van der Waals surface area contributed by atoms with Gasteiger partial charge in [-0.3, -0.25) is 0 Å². The van der Waals surface area contributed by atoms with Crippen LogP contribution in [0.1, 0.15) is 15.9 Å². The molecule has 0 saturated heterocycles. The molecule has 0 unspecified atom stereocenters. The van der Waals surface area contributed by atoms with E-state index in [2.05, 4.69) is 5.48 Å². The number of carbonyl (C=O) groups is 1. The summed E-state index contributed by atoms with van der Waals surface area (Å²) < 4.78 is 0. The Hall–Kier alpha value is -2.33. The molecule has 18 heavy (non-hydrogen) atoms. The fourth-order valence-electron chi connectivity index (χ4n) is 1.53. The minimum atomic E-state index is -1.01. The van der Waals surface area contributed by atoms with Gasteiger partial charge in [0.2, 0.25) is 0 Å². The maximum atomic E-state index is 10.9. The van der Waals surface area contributed by atoms with E-state index in [-0.39, 0.29) is 5.56 Å². The molecule has 0 aliphatic heterocycles. The number of para-hydroxylation sites is 1. The van der Waals surface area contributed by atoms with Gasteiger partial charge in [0.1, 0.15) is 5.56 Å². The third-order valence-corrected chi connectivity index (χ3v) is 2.42. The van der Waals surface area contributed by atoms with Gasteiger partial charge in [-0.05, 0) is 17.7 Å². The van der Waals surface area contributed by atoms with Gasteiger partial charge in [0.15, 0.2) is 5.75 Å². The van der Waals surface area contributed by atoms with Gasteiger partial charge in [-0.25, -0.2) is 4.79 Å². The van der Waals surface area contributed by atoms with E-state index in [4.69, 9.17) is 9.94 Å². The summed E-state index contributed by atoms with van der Waals surface area (Å²) in [7, 11) is 0.